The van der Waals surface area contributed by atoms with Gasteiger partial charge in [0.2, 0.25) is 17.7 Å². The molecule has 0 aromatic heterocycles. The molecule has 2 aromatic rings. The molecule has 33 heavy (non-hydrogen) atoms. The Morgan fingerprint density at radius 2 is 1.88 bits per heavy atom. The van der Waals surface area contributed by atoms with Gasteiger partial charge < -0.3 is 25.4 Å². The third-order valence-electron chi connectivity index (χ3n) is 5.39. The normalized spacial score (nSPS) is 17.5. The summed E-state index contributed by atoms with van der Waals surface area (Å²) in [5, 5.41) is 2.72. The monoisotopic (exact) mass is 463 g/mol. The van der Waals surface area contributed by atoms with E-state index in [-0.39, 0.29) is 31.0 Å². The van der Waals surface area contributed by atoms with Crippen molar-refractivity contribution in [2.75, 3.05) is 18.5 Å². The lowest BCUT2D eigenvalue weighted by atomic mass is 10.1. The fraction of sp³-hybridized carbons (Fsp3) is 0.318. The highest BCUT2D eigenvalue weighted by molar-refractivity contribution is 6.01. The minimum atomic E-state index is -4.45. The number of likely N-dealkylation sites (tertiary alicyclic amines) is 1. The summed E-state index contributed by atoms with van der Waals surface area (Å²) in [5.41, 5.74) is 5.45. The van der Waals surface area contributed by atoms with E-state index in [4.69, 9.17) is 15.2 Å². The topological polar surface area (TPSA) is 111 Å². The van der Waals surface area contributed by atoms with E-state index < -0.39 is 29.6 Å². The van der Waals surface area contributed by atoms with Gasteiger partial charge in [0, 0.05) is 24.5 Å². The second kappa shape index (κ2) is 8.64. The van der Waals surface area contributed by atoms with Crippen LogP contribution in [0.5, 0.6) is 17.2 Å². The molecule has 0 aliphatic carbocycles. The van der Waals surface area contributed by atoms with Crippen molar-refractivity contribution >= 4 is 23.4 Å². The molecule has 2 aliphatic rings. The molecule has 11 heteroatoms. The van der Waals surface area contributed by atoms with Crippen LogP contribution in [-0.2, 0) is 27.0 Å². The number of rotatable bonds is 6. The van der Waals surface area contributed by atoms with Crippen molar-refractivity contribution in [3.63, 3.8) is 0 Å². The maximum atomic E-state index is 12.9. The summed E-state index contributed by atoms with van der Waals surface area (Å²) in [6, 6.07) is 6.57. The number of ether oxygens (including phenoxy) is 2. The molecule has 1 saturated heterocycles. The van der Waals surface area contributed by atoms with Crippen molar-refractivity contribution in [3.8, 4) is 17.2 Å². The molecular weight excluding hydrogens is 443 g/mol. The number of carbonyl (C=O) groups is 3. The van der Waals surface area contributed by atoms with Gasteiger partial charge in [0.1, 0.15) is 29.8 Å². The number of fused-ring (bicyclic) bond motifs is 1. The van der Waals surface area contributed by atoms with E-state index in [9.17, 15) is 27.6 Å². The van der Waals surface area contributed by atoms with E-state index in [0.29, 0.717) is 30.2 Å². The predicted molar refractivity (Wildman–Crippen MR) is 110 cm³/mol. The number of nitrogens with two attached hydrogens (primary N) is 1. The Morgan fingerprint density at radius 1 is 1.15 bits per heavy atom. The van der Waals surface area contributed by atoms with E-state index in [0.717, 1.165) is 22.6 Å². The number of amides is 3. The van der Waals surface area contributed by atoms with Crippen LogP contribution in [0.2, 0.25) is 0 Å². The number of nitrogens with zero attached hydrogens (tertiary/aromatic N) is 1. The number of hydrogen-bond acceptors (Lipinski definition) is 5. The van der Waals surface area contributed by atoms with Gasteiger partial charge in [-0.25, -0.2) is 0 Å². The first-order valence-electron chi connectivity index (χ1n) is 10.2. The number of alkyl halides is 3. The SMILES string of the molecule is NC(=O)CN1C(=O)CCC1C(=O)Nc1cc(Oc2ccc(C(F)(F)F)cc2)cc2c1OCC2. The smallest absolute Gasteiger partial charge is 0.416 e. The predicted octanol–water partition coefficient (Wildman–Crippen LogP) is 2.85. The average molecular weight is 463 g/mol. The van der Waals surface area contributed by atoms with Crippen LogP contribution in [0.25, 0.3) is 0 Å². The molecule has 0 radical (unpaired) electrons. The van der Waals surface area contributed by atoms with Gasteiger partial charge in [0.05, 0.1) is 17.9 Å². The lowest BCUT2D eigenvalue weighted by Gasteiger charge is -2.23. The van der Waals surface area contributed by atoms with Gasteiger partial charge in [-0.2, -0.15) is 13.2 Å². The zero-order valence-corrected chi connectivity index (χ0v) is 17.3. The molecule has 2 aromatic carbocycles. The van der Waals surface area contributed by atoms with E-state index in [1.165, 1.54) is 18.2 Å². The summed E-state index contributed by atoms with van der Waals surface area (Å²) in [5.74, 6) is -0.631. The lowest BCUT2D eigenvalue weighted by Crippen LogP contribution is -2.45. The van der Waals surface area contributed by atoms with Crippen LogP contribution in [0.15, 0.2) is 36.4 Å². The van der Waals surface area contributed by atoms with E-state index in [1.54, 1.807) is 6.07 Å². The summed E-state index contributed by atoms with van der Waals surface area (Å²) in [7, 11) is 0. The van der Waals surface area contributed by atoms with Crippen LogP contribution in [0.1, 0.15) is 24.0 Å². The molecule has 1 atom stereocenters. The van der Waals surface area contributed by atoms with Crippen LogP contribution in [-0.4, -0.2) is 41.8 Å². The minimum Gasteiger partial charge on any atom is -0.491 e. The standard InChI is InChI=1S/C22H20F3N3O5/c23-22(24,25)13-1-3-14(4-2-13)33-15-9-12-7-8-32-20(12)16(10-15)27-21(31)17-5-6-19(30)28(17)11-18(26)29/h1-4,9-10,17H,5-8,11H2,(H2,26,29)(H,27,31). The highest BCUT2D eigenvalue weighted by atomic mass is 19.4. The average Bonchev–Trinajstić information content (AvgIpc) is 3.34. The Bertz CT molecular complexity index is 1100. The Labute approximate surface area is 186 Å². The maximum absolute atomic E-state index is 12.9. The molecule has 0 bridgehead atoms. The Hall–Kier alpha value is -3.76. The van der Waals surface area contributed by atoms with Gasteiger partial charge in [0.25, 0.3) is 0 Å². The molecule has 2 heterocycles. The minimum absolute atomic E-state index is 0.122. The van der Waals surface area contributed by atoms with Crippen molar-refractivity contribution in [2.24, 2.45) is 5.73 Å². The van der Waals surface area contributed by atoms with Gasteiger partial charge in [-0.05, 0) is 36.8 Å². The fourth-order valence-corrected chi connectivity index (χ4v) is 3.87. The van der Waals surface area contributed by atoms with Crippen molar-refractivity contribution in [1.29, 1.82) is 0 Å². The molecule has 3 N–H and O–H groups in total. The first-order chi connectivity index (χ1) is 15.6. The van der Waals surface area contributed by atoms with Crippen LogP contribution in [0, 0.1) is 0 Å². The van der Waals surface area contributed by atoms with Gasteiger partial charge in [-0.3, -0.25) is 14.4 Å². The first kappa shape index (κ1) is 22.4. The molecular formula is C22H20F3N3O5. The highest BCUT2D eigenvalue weighted by Crippen LogP contribution is 2.40. The molecule has 4 rings (SSSR count). The molecule has 8 nitrogen and oxygen atoms in total. The second-order valence-electron chi connectivity index (χ2n) is 7.71. The number of benzene rings is 2. The van der Waals surface area contributed by atoms with Crippen molar-refractivity contribution < 1.29 is 37.0 Å². The first-order valence-corrected chi connectivity index (χ1v) is 10.2. The Morgan fingerprint density at radius 3 is 2.55 bits per heavy atom. The Kier molecular flexibility index (Phi) is 5.88. The number of carbonyl (C=O) groups excluding carboxylic acids is 3. The van der Waals surface area contributed by atoms with Crippen LogP contribution < -0.4 is 20.5 Å². The zero-order valence-electron chi connectivity index (χ0n) is 17.3. The number of anilines is 1. The molecule has 3 amide bonds. The number of halogens is 3. The summed E-state index contributed by atoms with van der Waals surface area (Å²) in [6.07, 6.45) is -3.54. The molecule has 174 valence electrons. The quantitative estimate of drug-likeness (QED) is 0.685. The van der Waals surface area contributed by atoms with Crippen LogP contribution >= 0.6 is 0 Å². The molecule has 1 unspecified atom stereocenters. The maximum Gasteiger partial charge on any atom is 0.416 e. The second-order valence-corrected chi connectivity index (χ2v) is 7.71. The van der Waals surface area contributed by atoms with Crippen LogP contribution in [0.4, 0.5) is 18.9 Å². The number of nitrogens with one attached hydrogen (secondary N) is 1. The third-order valence-corrected chi connectivity index (χ3v) is 5.39. The lowest BCUT2D eigenvalue weighted by molar-refractivity contribution is -0.137. The van der Waals surface area contributed by atoms with Gasteiger partial charge in [0.15, 0.2) is 0 Å². The Balaban J connectivity index is 1.55. The molecule has 0 spiro atoms. The highest BCUT2D eigenvalue weighted by Gasteiger charge is 2.37. The molecule has 1 fully saturated rings. The van der Waals surface area contributed by atoms with E-state index in [1.807, 2.05) is 0 Å². The van der Waals surface area contributed by atoms with Crippen molar-refractivity contribution in [3.05, 3.63) is 47.5 Å². The summed E-state index contributed by atoms with van der Waals surface area (Å²) >= 11 is 0. The summed E-state index contributed by atoms with van der Waals surface area (Å²) in [4.78, 5) is 37.3. The van der Waals surface area contributed by atoms with E-state index >= 15 is 0 Å². The summed E-state index contributed by atoms with van der Waals surface area (Å²) in [6.45, 7) is 0.0280. The third kappa shape index (κ3) is 4.86. The number of primary amides is 1. The summed E-state index contributed by atoms with van der Waals surface area (Å²) < 4.78 is 49.7. The van der Waals surface area contributed by atoms with E-state index in [2.05, 4.69) is 5.32 Å². The van der Waals surface area contributed by atoms with Gasteiger partial charge >= 0.3 is 6.18 Å². The molecule has 2 aliphatic heterocycles. The number of hydrogen-bond donors (Lipinski definition) is 2. The van der Waals surface area contributed by atoms with Crippen LogP contribution in [0.3, 0.4) is 0 Å². The largest absolute Gasteiger partial charge is 0.491 e. The van der Waals surface area contributed by atoms with Crippen molar-refractivity contribution in [1.82, 2.24) is 4.90 Å². The fourth-order valence-electron chi connectivity index (χ4n) is 3.87. The van der Waals surface area contributed by atoms with Gasteiger partial charge in [-0.1, -0.05) is 0 Å². The zero-order chi connectivity index (χ0) is 23.8. The van der Waals surface area contributed by atoms with Crippen molar-refractivity contribution in [2.45, 2.75) is 31.5 Å². The molecule has 0 saturated carbocycles. The van der Waals surface area contributed by atoms with Gasteiger partial charge in [-0.15, -0.1) is 0 Å².